The van der Waals surface area contributed by atoms with Crippen LogP contribution in [0.5, 0.6) is 0 Å². The van der Waals surface area contributed by atoms with E-state index in [1.165, 1.54) is 173 Å². The molecule has 6 N–H and O–H groups in total. The van der Waals surface area contributed by atoms with Crippen molar-refractivity contribution in [1.29, 1.82) is 0 Å². The summed E-state index contributed by atoms with van der Waals surface area (Å²) in [6.07, 6.45) is 48.8. The molecule has 1 rings (SSSR count). The molecule has 9 nitrogen and oxygen atoms in total. The van der Waals surface area contributed by atoms with Gasteiger partial charge in [0.05, 0.1) is 25.4 Å². The number of aliphatic hydroxyl groups excluding tert-OH is 5. The van der Waals surface area contributed by atoms with Crippen LogP contribution in [0.3, 0.4) is 0 Å². The van der Waals surface area contributed by atoms with Crippen LogP contribution in [0.2, 0.25) is 0 Å². The van der Waals surface area contributed by atoms with Crippen LogP contribution in [0.4, 0.5) is 0 Å². The number of allylic oxidation sites excluding steroid dienone is 5. The van der Waals surface area contributed by atoms with Crippen molar-refractivity contribution in [2.75, 3.05) is 13.2 Å². The van der Waals surface area contributed by atoms with Gasteiger partial charge < -0.3 is 40.3 Å². The van der Waals surface area contributed by atoms with Crippen molar-refractivity contribution in [2.45, 2.75) is 281 Å². The lowest BCUT2D eigenvalue weighted by molar-refractivity contribution is -0.302. The van der Waals surface area contributed by atoms with E-state index in [-0.39, 0.29) is 12.5 Å². The Labute approximate surface area is 381 Å². The number of unbranched alkanes of at least 4 members (excludes halogenated alkanes) is 30. The molecule has 0 spiro atoms. The number of carbonyl (C=O) groups is 1. The van der Waals surface area contributed by atoms with E-state index in [2.05, 4.69) is 43.5 Å². The maximum atomic E-state index is 12.8. The fraction of sp³-hybridized carbons (Fsp3) is 0.868. The van der Waals surface area contributed by atoms with Crippen molar-refractivity contribution >= 4 is 5.91 Å². The normalized spacial score (nSPS) is 20.5. The average Bonchev–Trinajstić information content (AvgIpc) is 3.27. The highest BCUT2D eigenvalue weighted by molar-refractivity contribution is 5.76. The minimum absolute atomic E-state index is 0.183. The first-order valence-electron chi connectivity index (χ1n) is 26.2. The fourth-order valence-electron chi connectivity index (χ4n) is 8.23. The Bertz CT molecular complexity index is 1070. The molecule has 0 saturated carbocycles. The van der Waals surface area contributed by atoms with Gasteiger partial charge >= 0.3 is 0 Å². The van der Waals surface area contributed by atoms with E-state index in [4.69, 9.17) is 9.47 Å². The fourth-order valence-corrected chi connectivity index (χ4v) is 8.23. The average molecular weight is 878 g/mol. The van der Waals surface area contributed by atoms with Crippen molar-refractivity contribution in [3.05, 3.63) is 36.5 Å². The van der Waals surface area contributed by atoms with Gasteiger partial charge in [0.2, 0.25) is 5.91 Å². The van der Waals surface area contributed by atoms with Gasteiger partial charge in [-0.3, -0.25) is 4.79 Å². The van der Waals surface area contributed by atoms with Gasteiger partial charge in [-0.2, -0.15) is 0 Å². The second-order valence-corrected chi connectivity index (χ2v) is 18.3. The number of aliphatic hydroxyl groups is 5. The Morgan fingerprint density at radius 1 is 0.548 bits per heavy atom. The monoisotopic (exact) mass is 878 g/mol. The molecule has 1 amide bonds. The summed E-state index contributed by atoms with van der Waals surface area (Å²) in [6.45, 7) is 3.61. The summed E-state index contributed by atoms with van der Waals surface area (Å²) in [5, 5.41) is 53.6. The lowest BCUT2D eigenvalue weighted by atomic mass is 9.99. The van der Waals surface area contributed by atoms with Gasteiger partial charge in [-0.05, 0) is 44.9 Å². The third-order valence-corrected chi connectivity index (χ3v) is 12.5. The van der Waals surface area contributed by atoms with Gasteiger partial charge in [0.1, 0.15) is 24.4 Å². The molecule has 1 fully saturated rings. The second-order valence-electron chi connectivity index (χ2n) is 18.3. The molecule has 0 radical (unpaired) electrons. The number of ether oxygens (including phenoxy) is 2. The molecule has 62 heavy (non-hydrogen) atoms. The summed E-state index contributed by atoms with van der Waals surface area (Å²) in [5.41, 5.74) is 0. The molecule has 1 aliphatic heterocycles. The first kappa shape index (κ1) is 58.4. The lowest BCUT2D eigenvalue weighted by Gasteiger charge is -2.40. The number of rotatable bonds is 44. The number of hydrogen-bond acceptors (Lipinski definition) is 8. The molecule has 1 aliphatic rings. The largest absolute Gasteiger partial charge is 0.394 e. The molecule has 1 saturated heterocycles. The third-order valence-electron chi connectivity index (χ3n) is 12.5. The maximum absolute atomic E-state index is 12.8. The quantitative estimate of drug-likeness (QED) is 0.0262. The van der Waals surface area contributed by atoms with E-state index >= 15 is 0 Å². The van der Waals surface area contributed by atoms with Crippen molar-refractivity contribution in [3.63, 3.8) is 0 Å². The first-order chi connectivity index (χ1) is 30.3. The van der Waals surface area contributed by atoms with Crippen molar-refractivity contribution < 1.29 is 39.8 Å². The van der Waals surface area contributed by atoms with Crippen molar-refractivity contribution in [2.24, 2.45) is 0 Å². The molecule has 0 aromatic heterocycles. The highest BCUT2D eigenvalue weighted by Crippen LogP contribution is 2.23. The minimum Gasteiger partial charge on any atom is -0.394 e. The molecule has 364 valence electrons. The van der Waals surface area contributed by atoms with Gasteiger partial charge in [0.25, 0.3) is 0 Å². The van der Waals surface area contributed by atoms with E-state index < -0.39 is 49.5 Å². The topological polar surface area (TPSA) is 149 Å². The van der Waals surface area contributed by atoms with E-state index in [1.54, 1.807) is 6.08 Å². The molecule has 9 heteroatoms. The summed E-state index contributed by atoms with van der Waals surface area (Å²) in [4.78, 5) is 12.8. The Balaban J connectivity index is 1.95. The van der Waals surface area contributed by atoms with Gasteiger partial charge in [0, 0.05) is 6.42 Å². The number of nitrogens with one attached hydrogen (secondary N) is 1. The second kappa shape index (κ2) is 43.3. The number of amides is 1. The zero-order valence-corrected chi connectivity index (χ0v) is 40.1. The molecule has 7 unspecified atom stereocenters. The molecular formula is C53H99NO8. The molecular weight excluding hydrogens is 779 g/mol. The van der Waals surface area contributed by atoms with Crippen LogP contribution in [0.25, 0.3) is 0 Å². The molecule has 7 atom stereocenters. The summed E-state index contributed by atoms with van der Waals surface area (Å²) in [5.74, 6) is -0.183. The molecule has 0 bridgehead atoms. The predicted octanol–water partition coefficient (Wildman–Crippen LogP) is 12.0. The maximum Gasteiger partial charge on any atom is 0.220 e. The van der Waals surface area contributed by atoms with E-state index in [9.17, 15) is 30.3 Å². The van der Waals surface area contributed by atoms with E-state index in [1.807, 2.05) is 6.08 Å². The summed E-state index contributed by atoms with van der Waals surface area (Å²) < 4.78 is 11.1. The van der Waals surface area contributed by atoms with Crippen LogP contribution in [0.15, 0.2) is 36.5 Å². The molecule has 0 aliphatic carbocycles. The van der Waals surface area contributed by atoms with Gasteiger partial charge in [-0.25, -0.2) is 0 Å². The highest BCUT2D eigenvalue weighted by Gasteiger charge is 2.44. The summed E-state index contributed by atoms with van der Waals surface area (Å²) in [6, 6.07) is -0.798. The van der Waals surface area contributed by atoms with Crippen LogP contribution in [-0.4, -0.2) is 87.5 Å². The summed E-state index contributed by atoms with van der Waals surface area (Å²) in [7, 11) is 0. The third kappa shape index (κ3) is 33.0. The Kier molecular flexibility index (Phi) is 40.8. The van der Waals surface area contributed by atoms with E-state index in [0.29, 0.717) is 6.42 Å². The standard InChI is InChI=1S/C53H99NO8/c1-3-5-7-9-10-11-12-13-14-15-16-17-18-19-20-21-22-23-24-25-26-27-28-29-30-31-32-33-34-35-36-37-38-39-41-43-49(57)54-46(47(56)42-40-8-6-4-2)45-61-53-52(60)51(59)50(58)48(44-55)62-53/h12-13,15-16,40,42,46-48,50-53,55-56,58-60H,3-11,14,17-39,41,43-45H2,1-2H3,(H,54,57)/b13-12-,16-15-,42-40+. The SMILES string of the molecule is CCCC/C=C/C(O)C(COC1OC(CO)C(O)C(O)C1O)NC(=O)CCCCCCCCCCCCCCCCCCCCCCCCC/C=C\C/C=C\CCCCCCC. The molecule has 0 aromatic carbocycles. The smallest absolute Gasteiger partial charge is 0.220 e. The number of hydrogen-bond donors (Lipinski definition) is 6. The lowest BCUT2D eigenvalue weighted by Crippen LogP contribution is -2.60. The first-order valence-corrected chi connectivity index (χ1v) is 26.2. The van der Waals surface area contributed by atoms with Crippen LogP contribution < -0.4 is 5.32 Å². The Morgan fingerprint density at radius 2 is 0.968 bits per heavy atom. The van der Waals surface area contributed by atoms with E-state index in [0.717, 1.165) is 44.9 Å². The van der Waals surface area contributed by atoms with Crippen LogP contribution >= 0.6 is 0 Å². The van der Waals surface area contributed by atoms with Crippen LogP contribution in [0.1, 0.15) is 239 Å². The number of carbonyl (C=O) groups excluding carboxylic acids is 1. The van der Waals surface area contributed by atoms with Gasteiger partial charge in [-0.15, -0.1) is 0 Å². The summed E-state index contributed by atoms with van der Waals surface area (Å²) >= 11 is 0. The zero-order chi connectivity index (χ0) is 45.1. The van der Waals surface area contributed by atoms with Gasteiger partial charge in [-0.1, -0.05) is 224 Å². The molecule has 0 aromatic rings. The van der Waals surface area contributed by atoms with Crippen molar-refractivity contribution in [1.82, 2.24) is 5.32 Å². The zero-order valence-electron chi connectivity index (χ0n) is 40.1. The minimum atomic E-state index is -1.56. The Hall–Kier alpha value is -1.59. The highest BCUT2D eigenvalue weighted by atomic mass is 16.7. The van der Waals surface area contributed by atoms with Crippen LogP contribution in [0, 0.1) is 0 Å². The van der Waals surface area contributed by atoms with Crippen molar-refractivity contribution in [3.8, 4) is 0 Å². The van der Waals surface area contributed by atoms with Crippen LogP contribution in [-0.2, 0) is 14.3 Å². The Morgan fingerprint density at radius 3 is 1.42 bits per heavy atom. The molecule has 1 heterocycles. The predicted molar refractivity (Wildman–Crippen MR) is 258 cm³/mol. The van der Waals surface area contributed by atoms with Gasteiger partial charge in [0.15, 0.2) is 6.29 Å².